The van der Waals surface area contributed by atoms with Gasteiger partial charge in [-0.1, -0.05) is 13.3 Å². The highest BCUT2D eigenvalue weighted by molar-refractivity contribution is 5.85. The van der Waals surface area contributed by atoms with Crippen LogP contribution in [0.5, 0.6) is 0 Å². The van der Waals surface area contributed by atoms with Crippen LogP contribution in [0.3, 0.4) is 0 Å². The zero-order chi connectivity index (χ0) is 13.9. The maximum atomic E-state index is 12.1. The number of nitrogens with one attached hydrogen (secondary N) is 1. The van der Waals surface area contributed by atoms with Gasteiger partial charge in [0.2, 0.25) is 0 Å². The second kappa shape index (κ2) is 5.80. The molecule has 19 heavy (non-hydrogen) atoms. The third-order valence-electron chi connectivity index (χ3n) is 4.89. The van der Waals surface area contributed by atoms with Gasteiger partial charge in [-0.25, -0.2) is 0 Å². The van der Waals surface area contributed by atoms with E-state index in [9.17, 15) is 9.90 Å². The summed E-state index contributed by atoms with van der Waals surface area (Å²) in [6.07, 6.45) is 6.62. The standard InChI is InChI=1S/C15H27NO3/c1-3-12-5-8-15(18,9-6-12)11-16-13(17)14(2)7-4-10-19-14/h12,18H,3-11H2,1-2H3,(H,16,17). The van der Waals surface area contributed by atoms with Crippen molar-refractivity contribution in [3.05, 3.63) is 0 Å². The van der Waals surface area contributed by atoms with Crippen LogP contribution in [0.25, 0.3) is 0 Å². The first kappa shape index (κ1) is 14.8. The van der Waals surface area contributed by atoms with E-state index in [1.807, 2.05) is 6.92 Å². The molecule has 4 heteroatoms. The molecular weight excluding hydrogens is 242 g/mol. The number of amides is 1. The number of aliphatic hydroxyl groups is 1. The maximum absolute atomic E-state index is 12.1. The molecule has 0 aromatic heterocycles. The summed E-state index contributed by atoms with van der Waals surface area (Å²) >= 11 is 0. The molecule has 0 aromatic carbocycles. The fraction of sp³-hybridized carbons (Fsp3) is 0.933. The van der Waals surface area contributed by atoms with Crippen LogP contribution in [0.2, 0.25) is 0 Å². The van der Waals surface area contributed by atoms with E-state index in [2.05, 4.69) is 12.2 Å². The Kier molecular flexibility index (Phi) is 4.51. The topological polar surface area (TPSA) is 58.6 Å². The summed E-state index contributed by atoms with van der Waals surface area (Å²) in [4.78, 5) is 12.1. The predicted molar refractivity (Wildman–Crippen MR) is 73.8 cm³/mol. The molecule has 1 heterocycles. The first-order valence-corrected chi connectivity index (χ1v) is 7.62. The number of hydrogen-bond acceptors (Lipinski definition) is 3. The smallest absolute Gasteiger partial charge is 0.252 e. The molecule has 1 saturated carbocycles. The highest BCUT2D eigenvalue weighted by Gasteiger charge is 2.39. The fourth-order valence-electron chi connectivity index (χ4n) is 3.19. The Bertz CT molecular complexity index is 315. The van der Waals surface area contributed by atoms with E-state index in [1.165, 1.54) is 6.42 Å². The van der Waals surface area contributed by atoms with Gasteiger partial charge in [-0.05, 0) is 51.4 Å². The van der Waals surface area contributed by atoms with Crippen molar-refractivity contribution in [2.24, 2.45) is 5.92 Å². The number of hydrogen-bond donors (Lipinski definition) is 2. The lowest BCUT2D eigenvalue weighted by molar-refractivity contribution is -0.141. The molecule has 1 unspecified atom stereocenters. The molecule has 1 saturated heterocycles. The predicted octanol–water partition coefficient (Wildman–Crippen LogP) is 2.00. The second-order valence-electron chi connectivity index (χ2n) is 6.44. The van der Waals surface area contributed by atoms with Gasteiger partial charge in [-0.3, -0.25) is 4.79 Å². The quantitative estimate of drug-likeness (QED) is 0.820. The highest BCUT2D eigenvalue weighted by atomic mass is 16.5. The van der Waals surface area contributed by atoms with Gasteiger partial charge in [0.25, 0.3) is 5.91 Å². The Labute approximate surface area is 115 Å². The lowest BCUT2D eigenvalue weighted by Gasteiger charge is -2.36. The molecule has 2 fully saturated rings. The van der Waals surface area contributed by atoms with Crippen molar-refractivity contribution < 1.29 is 14.6 Å². The normalized spacial score (nSPS) is 39.2. The van der Waals surface area contributed by atoms with Gasteiger partial charge in [0, 0.05) is 13.2 Å². The minimum Gasteiger partial charge on any atom is -0.388 e. The Morgan fingerprint density at radius 1 is 1.37 bits per heavy atom. The highest BCUT2D eigenvalue weighted by Crippen LogP contribution is 2.33. The van der Waals surface area contributed by atoms with Crippen molar-refractivity contribution >= 4 is 5.91 Å². The molecule has 110 valence electrons. The average molecular weight is 269 g/mol. The largest absolute Gasteiger partial charge is 0.388 e. The Morgan fingerprint density at radius 3 is 2.58 bits per heavy atom. The summed E-state index contributed by atoms with van der Waals surface area (Å²) in [5, 5.41) is 13.4. The lowest BCUT2D eigenvalue weighted by atomic mass is 9.78. The molecule has 4 nitrogen and oxygen atoms in total. The average Bonchev–Trinajstić information content (AvgIpc) is 2.85. The molecule has 1 amide bonds. The lowest BCUT2D eigenvalue weighted by Crippen LogP contribution is -2.51. The summed E-state index contributed by atoms with van der Waals surface area (Å²) in [6.45, 7) is 5.07. The third kappa shape index (κ3) is 3.48. The summed E-state index contributed by atoms with van der Waals surface area (Å²) < 4.78 is 5.52. The number of carbonyl (C=O) groups is 1. The molecule has 2 N–H and O–H groups in total. The van der Waals surface area contributed by atoms with Crippen molar-refractivity contribution in [2.75, 3.05) is 13.2 Å². The zero-order valence-corrected chi connectivity index (χ0v) is 12.2. The zero-order valence-electron chi connectivity index (χ0n) is 12.2. The van der Waals surface area contributed by atoms with E-state index in [0.717, 1.165) is 44.4 Å². The fourth-order valence-corrected chi connectivity index (χ4v) is 3.19. The van der Waals surface area contributed by atoms with E-state index >= 15 is 0 Å². The Hall–Kier alpha value is -0.610. The van der Waals surface area contributed by atoms with E-state index in [1.54, 1.807) is 0 Å². The second-order valence-corrected chi connectivity index (χ2v) is 6.44. The molecule has 1 atom stereocenters. The first-order chi connectivity index (χ1) is 8.97. The Morgan fingerprint density at radius 2 is 2.05 bits per heavy atom. The molecule has 2 aliphatic rings. The van der Waals surface area contributed by atoms with Crippen LogP contribution >= 0.6 is 0 Å². The minimum atomic E-state index is -0.712. The molecule has 2 rings (SSSR count). The van der Waals surface area contributed by atoms with Crippen LogP contribution in [0, 0.1) is 5.92 Å². The molecule has 1 aliphatic heterocycles. The van der Waals surface area contributed by atoms with Crippen molar-refractivity contribution in [3.63, 3.8) is 0 Å². The van der Waals surface area contributed by atoms with Crippen LogP contribution < -0.4 is 5.32 Å². The molecule has 0 spiro atoms. The number of rotatable bonds is 4. The number of carbonyl (C=O) groups excluding carboxylic acids is 1. The SMILES string of the molecule is CCC1CCC(O)(CNC(=O)C2(C)CCCO2)CC1. The summed E-state index contributed by atoms with van der Waals surface area (Å²) in [5.74, 6) is 0.669. The van der Waals surface area contributed by atoms with Crippen LogP contribution in [0.15, 0.2) is 0 Å². The number of ether oxygens (including phenoxy) is 1. The van der Waals surface area contributed by atoms with Gasteiger partial charge >= 0.3 is 0 Å². The van der Waals surface area contributed by atoms with Crippen LogP contribution in [0.1, 0.15) is 58.8 Å². The molecular formula is C15H27NO3. The van der Waals surface area contributed by atoms with E-state index < -0.39 is 11.2 Å². The summed E-state index contributed by atoms with van der Waals surface area (Å²) in [5.41, 5.74) is -1.40. The van der Waals surface area contributed by atoms with Crippen LogP contribution in [-0.4, -0.2) is 35.4 Å². The summed E-state index contributed by atoms with van der Waals surface area (Å²) in [6, 6.07) is 0. The van der Waals surface area contributed by atoms with Crippen molar-refractivity contribution in [2.45, 2.75) is 70.0 Å². The van der Waals surface area contributed by atoms with Crippen molar-refractivity contribution in [3.8, 4) is 0 Å². The maximum Gasteiger partial charge on any atom is 0.252 e. The third-order valence-corrected chi connectivity index (χ3v) is 4.89. The van der Waals surface area contributed by atoms with E-state index in [-0.39, 0.29) is 5.91 Å². The molecule has 0 aromatic rings. The van der Waals surface area contributed by atoms with Crippen molar-refractivity contribution in [1.29, 1.82) is 0 Å². The summed E-state index contributed by atoms with van der Waals surface area (Å²) in [7, 11) is 0. The minimum absolute atomic E-state index is 0.0731. The van der Waals surface area contributed by atoms with E-state index in [0.29, 0.717) is 13.2 Å². The van der Waals surface area contributed by atoms with Gasteiger partial charge in [0.1, 0.15) is 5.60 Å². The molecule has 0 bridgehead atoms. The molecule has 1 aliphatic carbocycles. The monoisotopic (exact) mass is 269 g/mol. The van der Waals surface area contributed by atoms with Gasteiger partial charge in [-0.2, -0.15) is 0 Å². The van der Waals surface area contributed by atoms with Gasteiger partial charge in [0.15, 0.2) is 0 Å². The van der Waals surface area contributed by atoms with Gasteiger partial charge in [-0.15, -0.1) is 0 Å². The van der Waals surface area contributed by atoms with Crippen LogP contribution in [-0.2, 0) is 9.53 Å². The van der Waals surface area contributed by atoms with Gasteiger partial charge in [0.05, 0.1) is 5.60 Å². The molecule has 0 radical (unpaired) electrons. The Balaban J connectivity index is 1.80. The van der Waals surface area contributed by atoms with Crippen molar-refractivity contribution in [1.82, 2.24) is 5.32 Å². The van der Waals surface area contributed by atoms with E-state index in [4.69, 9.17) is 4.74 Å². The first-order valence-electron chi connectivity index (χ1n) is 7.62. The van der Waals surface area contributed by atoms with Gasteiger partial charge < -0.3 is 15.2 Å². The van der Waals surface area contributed by atoms with Crippen LogP contribution in [0.4, 0.5) is 0 Å².